The van der Waals surface area contributed by atoms with Gasteiger partial charge in [-0.3, -0.25) is 9.59 Å². The van der Waals surface area contributed by atoms with E-state index >= 15 is 0 Å². The number of hydrogen-bond acceptors (Lipinski definition) is 4. The van der Waals surface area contributed by atoms with Crippen molar-refractivity contribution < 1.29 is 14.3 Å². The number of benzene rings is 2. The van der Waals surface area contributed by atoms with Gasteiger partial charge < -0.3 is 15.4 Å². The summed E-state index contributed by atoms with van der Waals surface area (Å²) in [6.45, 7) is 0.564. The van der Waals surface area contributed by atoms with Gasteiger partial charge in [0.05, 0.1) is 23.6 Å². The van der Waals surface area contributed by atoms with Crippen molar-refractivity contribution in [3.05, 3.63) is 53.1 Å². The molecule has 2 atom stereocenters. The van der Waals surface area contributed by atoms with Crippen molar-refractivity contribution in [3.8, 4) is 5.75 Å². The summed E-state index contributed by atoms with van der Waals surface area (Å²) in [5.74, 6) is 0.490. The molecule has 26 heavy (non-hydrogen) atoms. The number of carbonyl (C=O) groups is 2. The Hall–Kier alpha value is -2.18. The fourth-order valence-corrected chi connectivity index (χ4v) is 4.43. The zero-order valence-corrected chi connectivity index (χ0v) is 15.4. The summed E-state index contributed by atoms with van der Waals surface area (Å²) in [4.78, 5) is 25.8. The van der Waals surface area contributed by atoms with E-state index in [1.165, 1.54) is 11.8 Å². The van der Waals surface area contributed by atoms with Crippen LogP contribution in [0.15, 0.2) is 47.4 Å². The van der Waals surface area contributed by atoms with Crippen LogP contribution in [-0.2, 0) is 9.59 Å². The van der Waals surface area contributed by atoms with Crippen molar-refractivity contribution >= 4 is 40.9 Å². The first kappa shape index (κ1) is 17.2. The number of halogens is 1. The maximum absolute atomic E-state index is 12.5. The van der Waals surface area contributed by atoms with Gasteiger partial charge in [-0.1, -0.05) is 29.8 Å². The summed E-state index contributed by atoms with van der Waals surface area (Å²) in [6.07, 6.45) is 0.839. The molecule has 2 aliphatic heterocycles. The first-order chi connectivity index (χ1) is 12.6. The van der Waals surface area contributed by atoms with Crippen LogP contribution in [0.3, 0.4) is 0 Å². The molecule has 0 fully saturated rings. The summed E-state index contributed by atoms with van der Waals surface area (Å²) in [5, 5.41) is 5.98. The number of thioether (sulfide) groups is 1. The molecule has 7 heteroatoms. The van der Waals surface area contributed by atoms with Crippen LogP contribution in [0.1, 0.15) is 24.4 Å². The first-order valence-electron chi connectivity index (χ1n) is 8.38. The second-order valence-electron chi connectivity index (χ2n) is 6.24. The van der Waals surface area contributed by atoms with Gasteiger partial charge in [0.15, 0.2) is 0 Å². The molecule has 0 aromatic heterocycles. The number of nitrogens with one attached hydrogen (secondary N) is 2. The minimum Gasteiger partial charge on any atom is -0.493 e. The lowest BCUT2D eigenvalue weighted by Gasteiger charge is -2.28. The van der Waals surface area contributed by atoms with Crippen LogP contribution in [-0.4, -0.2) is 23.7 Å². The van der Waals surface area contributed by atoms with E-state index in [0.29, 0.717) is 23.7 Å². The molecule has 4 rings (SSSR count). The van der Waals surface area contributed by atoms with Gasteiger partial charge in [0.1, 0.15) is 5.75 Å². The second kappa shape index (κ2) is 7.21. The monoisotopic (exact) mass is 388 g/mol. The second-order valence-corrected chi connectivity index (χ2v) is 7.92. The SMILES string of the molecule is O=C(C[C@@H]1Sc2ccc(Cl)cc2NC1=O)N[C@@H]1CCOc2ccccc21. The van der Waals surface area contributed by atoms with Crippen LogP contribution < -0.4 is 15.4 Å². The maximum Gasteiger partial charge on any atom is 0.238 e. The Bertz CT molecular complexity index is 874. The van der Waals surface area contributed by atoms with E-state index in [1.54, 1.807) is 12.1 Å². The molecule has 5 nitrogen and oxygen atoms in total. The normalized spacial score (nSPS) is 21.0. The number of fused-ring (bicyclic) bond motifs is 2. The Morgan fingerprint density at radius 1 is 1.31 bits per heavy atom. The predicted molar refractivity (Wildman–Crippen MR) is 102 cm³/mol. The van der Waals surface area contributed by atoms with Gasteiger partial charge in [0.2, 0.25) is 11.8 Å². The van der Waals surface area contributed by atoms with E-state index in [9.17, 15) is 9.59 Å². The number of para-hydroxylation sites is 1. The molecule has 0 saturated heterocycles. The third kappa shape index (κ3) is 3.52. The van der Waals surface area contributed by atoms with Gasteiger partial charge in [0.25, 0.3) is 0 Å². The molecule has 0 unspecified atom stereocenters. The Morgan fingerprint density at radius 2 is 2.15 bits per heavy atom. The van der Waals surface area contributed by atoms with Crippen molar-refractivity contribution in [2.45, 2.75) is 29.0 Å². The van der Waals surface area contributed by atoms with Crippen molar-refractivity contribution in [2.24, 2.45) is 0 Å². The predicted octanol–water partition coefficient (Wildman–Crippen LogP) is 3.78. The highest BCUT2D eigenvalue weighted by atomic mass is 35.5. The molecule has 134 valence electrons. The van der Waals surface area contributed by atoms with E-state index in [2.05, 4.69) is 10.6 Å². The van der Waals surface area contributed by atoms with Gasteiger partial charge >= 0.3 is 0 Å². The smallest absolute Gasteiger partial charge is 0.238 e. The van der Waals surface area contributed by atoms with Gasteiger partial charge in [-0.15, -0.1) is 11.8 Å². The molecule has 2 aliphatic rings. The molecule has 0 saturated carbocycles. The largest absolute Gasteiger partial charge is 0.493 e. The summed E-state index contributed by atoms with van der Waals surface area (Å²) in [5.41, 5.74) is 1.68. The highest BCUT2D eigenvalue weighted by molar-refractivity contribution is 8.01. The number of carbonyl (C=O) groups excluding carboxylic acids is 2. The molecule has 0 spiro atoms. The molecular weight excluding hydrogens is 372 g/mol. The Kier molecular flexibility index (Phi) is 4.78. The third-order valence-electron chi connectivity index (χ3n) is 4.43. The highest BCUT2D eigenvalue weighted by Crippen LogP contribution is 2.38. The van der Waals surface area contributed by atoms with Crippen molar-refractivity contribution in [2.75, 3.05) is 11.9 Å². The fourth-order valence-electron chi connectivity index (χ4n) is 3.17. The molecule has 0 aliphatic carbocycles. The summed E-state index contributed by atoms with van der Waals surface area (Å²) < 4.78 is 5.62. The van der Waals surface area contributed by atoms with Crippen LogP contribution in [0.4, 0.5) is 5.69 Å². The van der Waals surface area contributed by atoms with Crippen LogP contribution in [0, 0.1) is 0 Å². The van der Waals surface area contributed by atoms with E-state index < -0.39 is 5.25 Å². The number of ether oxygens (including phenoxy) is 1. The molecule has 2 heterocycles. The summed E-state index contributed by atoms with van der Waals surface area (Å²) >= 11 is 7.35. The maximum atomic E-state index is 12.5. The summed E-state index contributed by atoms with van der Waals surface area (Å²) in [6, 6.07) is 13.0. The highest BCUT2D eigenvalue weighted by Gasteiger charge is 2.30. The van der Waals surface area contributed by atoms with Crippen molar-refractivity contribution in [3.63, 3.8) is 0 Å². The number of rotatable bonds is 3. The lowest BCUT2D eigenvalue weighted by atomic mass is 10.0. The molecule has 0 radical (unpaired) electrons. The lowest BCUT2D eigenvalue weighted by molar-refractivity contribution is -0.124. The first-order valence-corrected chi connectivity index (χ1v) is 9.64. The number of amides is 2. The number of anilines is 1. The van der Waals surface area contributed by atoms with Gasteiger partial charge in [0, 0.05) is 28.3 Å². The Labute approximate surface area is 160 Å². The van der Waals surface area contributed by atoms with Gasteiger partial charge in [-0.05, 0) is 24.3 Å². The van der Waals surface area contributed by atoms with Crippen LogP contribution in [0.2, 0.25) is 5.02 Å². The van der Waals surface area contributed by atoms with Crippen molar-refractivity contribution in [1.29, 1.82) is 0 Å². The zero-order valence-electron chi connectivity index (χ0n) is 13.8. The van der Waals surface area contributed by atoms with E-state index in [-0.39, 0.29) is 24.3 Å². The Balaban J connectivity index is 1.43. The van der Waals surface area contributed by atoms with Crippen LogP contribution in [0.5, 0.6) is 5.75 Å². The topological polar surface area (TPSA) is 67.4 Å². The lowest BCUT2D eigenvalue weighted by Crippen LogP contribution is -2.37. The van der Waals surface area contributed by atoms with E-state index in [1.807, 2.05) is 30.3 Å². The quantitative estimate of drug-likeness (QED) is 0.839. The van der Waals surface area contributed by atoms with E-state index in [4.69, 9.17) is 16.3 Å². The molecule has 2 N–H and O–H groups in total. The zero-order chi connectivity index (χ0) is 18.1. The average molecular weight is 389 g/mol. The third-order valence-corrected chi connectivity index (χ3v) is 5.94. The number of hydrogen-bond donors (Lipinski definition) is 2. The average Bonchev–Trinajstić information content (AvgIpc) is 2.63. The Morgan fingerprint density at radius 3 is 3.04 bits per heavy atom. The van der Waals surface area contributed by atoms with Crippen LogP contribution in [0.25, 0.3) is 0 Å². The van der Waals surface area contributed by atoms with Crippen LogP contribution >= 0.6 is 23.4 Å². The molecular formula is C19H17ClN2O3S. The van der Waals surface area contributed by atoms with E-state index in [0.717, 1.165) is 16.2 Å². The molecule has 2 amide bonds. The molecule has 0 bridgehead atoms. The van der Waals surface area contributed by atoms with Gasteiger partial charge in [-0.2, -0.15) is 0 Å². The fraction of sp³-hybridized carbons (Fsp3) is 0.263. The molecule has 2 aromatic carbocycles. The van der Waals surface area contributed by atoms with Crippen molar-refractivity contribution in [1.82, 2.24) is 5.32 Å². The summed E-state index contributed by atoms with van der Waals surface area (Å²) in [7, 11) is 0. The van der Waals surface area contributed by atoms with Gasteiger partial charge in [-0.25, -0.2) is 0 Å². The standard InChI is InChI=1S/C19H17ClN2O3S/c20-11-5-6-16-14(9-11)22-19(24)17(26-16)10-18(23)21-13-7-8-25-15-4-2-1-3-12(13)15/h1-6,9,13,17H,7-8,10H2,(H,21,23)(H,22,24)/t13-,17+/m1/s1. The minimum absolute atomic E-state index is 0.0878. The molecule has 2 aromatic rings. The minimum atomic E-state index is -0.459.